The van der Waals surface area contributed by atoms with E-state index in [1.54, 1.807) is 0 Å². The van der Waals surface area contributed by atoms with E-state index in [4.69, 9.17) is 4.74 Å². The molecule has 0 bridgehead atoms. The Hall–Kier alpha value is -1.34. The smallest absolute Gasteiger partial charge is 0.0824 e. The van der Waals surface area contributed by atoms with Crippen molar-refractivity contribution in [2.75, 3.05) is 6.61 Å². The Balaban J connectivity index is 2.06. The number of hydrogen-bond donors (Lipinski definition) is 0. The van der Waals surface area contributed by atoms with Crippen molar-refractivity contribution in [3.63, 3.8) is 0 Å². The molecule has 0 unspecified atom stereocenters. The molecule has 1 fully saturated rings. The van der Waals surface area contributed by atoms with Crippen molar-refractivity contribution in [2.45, 2.75) is 25.9 Å². The summed E-state index contributed by atoms with van der Waals surface area (Å²) in [6, 6.07) is 10.4. The fourth-order valence-electron chi connectivity index (χ4n) is 2.29. The van der Waals surface area contributed by atoms with E-state index in [9.17, 15) is 0 Å². The molecule has 17 heavy (non-hydrogen) atoms. The maximum atomic E-state index is 5.83. The fraction of sp³-hybridized carbons (Fsp3) is 0.375. The van der Waals surface area contributed by atoms with Gasteiger partial charge in [-0.1, -0.05) is 54.6 Å². The number of rotatable bonds is 3. The second-order valence-corrected chi connectivity index (χ2v) is 4.70. The van der Waals surface area contributed by atoms with E-state index in [-0.39, 0.29) is 6.10 Å². The van der Waals surface area contributed by atoms with Gasteiger partial charge in [-0.05, 0) is 25.3 Å². The molecule has 1 aromatic rings. The van der Waals surface area contributed by atoms with Gasteiger partial charge in [-0.3, -0.25) is 0 Å². The van der Waals surface area contributed by atoms with Crippen LogP contribution in [0.2, 0.25) is 0 Å². The highest BCUT2D eigenvalue weighted by Gasteiger charge is 2.23. The topological polar surface area (TPSA) is 9.23 Å². The highest BCUT2D eigenvalue weighted by atomic mass is 16.5. The minimum atomic E-state index is 0.196. The maximum absolute atomic E-state index is 5.83. The Morgan fingerprint density at radius 2 is 2.12 bits per heavy atom. The standard InChI is InChI=1S/C16H20O/c1-13(2)15-9-6-12-17-16(15)11-10-14-7-4-3-5-8-14/h3-5,7-8,10-11,15-16H,1,6,9,12H2,2H3/b11-10+/t15-,16-/m0/s1. The first-order valence-corrected chi connectivity index (χ1v) is 6.27. The van der Waals surface area contributed by atoms with Gasteiger partial charge in [0.1, 0.15) is 0 Å². The van der Waals surface area contributed by atoms with E-state index < -0.39 is 0 Å². The van der Waals surface area contributed by atoms with Gasteiger partial charge in [-0.15, -0.1) is 0 Å². The molecule has 1 nitrogen and oxygen atoms in total. The van der Waals surface area contributed by atoms with Crippen LogP contribution < -0.4 is 0 Å². The van der Waals surface area contributed by atoms with E-state index in [0.717, 1.165) is 13.0 Å². The van der Waals surface area contributed by atoms with E-state index in [0.29, 0.717) is 5.92 Å². The molecule has 1 heterocycles. The normalized spacial score (nSPS) is 25.0. The lowest BCUT2D eigenvalue weighted by molar-refractivity contribution is 0.0167. The number of hydrogen-bond acceptors (Lipinski definition) is 1. The lowest BCUT2D eigenvalue weighted by Gasteiger charge is -2.30. The van der Waals surface area contributed by atoms with Gasteiger partial charge in [0.2, 0.25) is 0 Å². The summed E-state index contributed by atoms with van der Waals surface area (Å²) in [5, 5.41) is 0. The highest BCUT2D eigenvalue weighted by molar-refractivity contribution is 5.49. The van der Waals surface area contributed by atoms with Crippen LogP contribution in [0.15, 0.2) is 48.6 Å². The van der Waals surface area contributed by atoms with Crippen LogP contribution in [0, 0.1) is 5.92 Å². The molecule has 0 aliphatic carbocycles. The molecular formula is C16H20O. The molecule has 1 aliphatic heterocycles. The third kappa shape index (κ3) is 3.31. The molecule has 1 heteroatoms. The second kappa shape index (κ2) is 5.83. The van der Waals surface area contributed by atoms with E-state index in [1.807, 2.05) is 6.07 Å². The molecule has 0 spiro atoms. The Morgan fingerprint density at radius 3 is 2.82 bits per heavy atom. The first kappa shape index (κ1) is 12.1. The lowest BCUT2D eigenvalue weighted by Crippen LogP contribution is -2.28. The average molecular weight is 228 g/mol. The van der Waals surface area contributed by atoms with Gasteiger partial charge in [0.15, 0.2) is 0 Å². The first-order valence-electron chi connectivity index (χ1n) is 6.27. The van der Waals surface area contributed by atoms with Crippen LogP contribution in [0.25, 0.3) is 6.08 Å². The molecular weight excluding hydrogens is 208 g/mol. The zero-order valence-corrected chi connectivity index (χ0v) is 10.4. The largest absolute Gasteiger partial charge is 0.374 e. The number of benzene rings is 1. The van der Waals surface area contributed by atoms with Gasteiger partial charge in [-0.25, -0.2) is 0 Å². The quantitative estimate of drug-likeness (QED) is 0.709. The van der Waals surface area contributed by atoms with E-state index >= 15 is 0 Å². The summed E-state index contributed by atoms with van der Waals surface area (Å²) in [5.41, 5.74) is 2.45. The summed E-state index contributed by atoms with van der Waals surface area (Å²) < 4.78 is 5.83. The van der Waals surface area contributed by atoms with Crippen LogP contribution >= 0.6 is 0 Å². The maximum Gasteiger partial charge on any atom is 0.0824 e. The Kier molecular flexibility index (Phi) is 4.16. The zero-order valence-electron chi connectivity index (χ0n) is 10.4. The molecule has 1 aliphatic rings. The minimum Gasteiger partial charge on any atom is -0.374 e. The van der Waals surface area contributed by atoms with Crippen molar-refractivity contribution in [1.29, 1.82) is 0 Å². The van der Waals surface area contributed by atoms with Gasteiger partial charge in [0.25, 0.3) is 0 Å². The molecule has 1 aromatic carbocycles. The van der Waals surface area contributed by atoms with Crippen LogP contribution in [0.5, 0.6) is 0 Å². The van der Waals surface area contributed by atoms with Crippen LogP contribution in [-0.2, 0) is 4.74 Å². The second-order valence-electron chi connectivity index (χ2n) is 4.70. The van der Waals surface area contributed by atoms with Gasteiger partial charge < -0.3 is 4.74 Å². The Labute approximate surface area is 104 Å². The Morgan fingerprint density at radius 1 is 1.35 bits per heavy atom. The highest BCUT2D eigenvalue weighted by Crippen LogP contribution is 2.27. The summed E-state index contributed by atoms with van der Waals surface area (Å²) in [7, 11) is 0. The summed E-state index contributed by atoms with van der Waals surface area (Å²) in [6.45, 7) is 7.04. The van der Waals surface area contributed by atoms with Gasteiger partial charge in [0, 0.05) is 12.5 Å². The zero-order chi connectivity index (χ0) is 12.1. The minimum absolute atomic E-state index is 0.196. The van der Waals surface area contributed by atoms with E-state index in [2.05, 4.69) is 49.9 Å². The summed E-state index contributed by atoms with van der Waals surface area (Å²) in [4.78, 5) is 0. The van der Waals surface area contributed by atoms with Crippen molar-refractivity contribution in [2.24, 2.45) is 5.92 Å². The predicted octanol–water partition coefficient (Wildman–Crippen LogP) is 4.07. The van der Waals surface area contributed by atoms with Gasteiger partial charge in [-0.2, -0.15) is 0 Å². The third-order valence-electron chi connectivity index (χ3n) is 3.28. The van der Waals surface area contributed by atoms with Crippen LogP contribution in [0.4, 0.5) is 0 Å². The van der Waals surface area contributed by atoms with Crippen molar-refractivity contribution in [1.82, 2.24) is 0 Å². The molecule has 1 saturated heterocycles. The molecule has 0 saturated carbocycles. The summed E-state index contributed by atoms with van der Waals surface area (Å²) in [5.74, 6) is 0.476. The van der Waals surface area contributed by atoms with Crippen molar-refractivity contribution < 1.29 is 4.74 Å². The summed E-state index contributed by atoms with van der Waals surface area (Å²) in [6.07, 6.45) is 6.85. The van der Waals surface area contributed by atoms with Gasteiger partial charge in [0.05, 0.1) is 6.10 Å². The van der Waals surface area contributed by atoms with Gasteiger partial charge >= 0.3 is 0 Å². The average Bonchev–Trinajstić information content (AvgIpc) is 2.38. The first-order chi connectivity index (χ1) is 8.27. The third-order valence-corrected chi connectivity index (χ3v) is 3.28. The summed E-state index contributed by atoms with van der Waals surface area (Å²) >= 11 is 0. The van der Waals surface area contributed by atoms with Crippen LogP contribution in [0.3, 0.4) is 0 Å². The van der Waals surface area contributed by atoms with Crippen LogP contribution in [0.1, 0.15) is 25.3 Å². The van der Waals surface area contributed by atoms with E-state index in [1.165, 1.54) is 17.6 Å². The van der Waals surface area contributed by atoms with Crippen molar-refractivity contribution >= 4 is 6.08 Å². The molecule has 2 atom stereocenters. The lowest BCUT2D eigenvalue weighted by atomic mass is 9.88. The predicted molar refractivity (Wildman–Crippen MR) is 72.8 cm³/mol. The van der Waals surface area contributed by atoms with Crippen molar-refractivity contribution in [3.05, 3.63) is 54.1 Å². The molecule has 2 rings (SSSR count). The number of ether oxygens (including phenoxy) is 1. The monoisotopic (exact) mass is 228 g/mol. The molecule has 0 aromatic heterocycles. The molecule has 0 radical (unpaired) electrons. The fourth-order valence-corrected chi connectivity index (χ4v) is 2.29. The molecule has 90 valence electrons. The SMILES string of the molecule is C=C(C)[C@@H]1CCCO[C@H]1/C=C/c1ccccc1. The Bertz CT molecular complexity index is 391. The molecule has 0 N–H and O–H groups in total. The van der Waals surface area contributed by atoms with Crippen LogP contribution in [-0.4, -0.2) is 12.7 Å². The van der Waals surface area contributed by atoms with Crippen molar-refractivity contribution in [3.8, 4) is 0 Å². The molecule has 0 amide bonds.